The van der Waals surface area contributed by atoms with Gasteiger partial charge in [-0.2, -0.15) is 0 Å². The van der Waals surface area contributed by atoms with Crippen LogP contribution in [0, 0.1) is 0 Å². The molecule has 0 radical (unpaired) electrons. The normalized spacial score (nSPS) is 7.31. The minimum atomic E-state index is -0.278. The summed E-state index contributed by atoms with van der Waals surface area (Å²) in [5, 5.41) is 3.03. The molecule has 0 fully saturated rings. The van der Waals surface area contributed by atoms with Crippen LogP contribution in [0.25, 0.3) is 0 Å². The van der Waals surface area contributed by atoms with E-state index in [0.717, 1.165) is 5.69 Å². The van der Waals surface area contributed by atoms with Crippen LogP contribution in [0.15, 0.2) is 30.3 Å². The molecule has 5 heteroatoms. The zero-order chi connectivity index (χ0) is 13.4. The van der Waals surface area contributed by atoms with Gasteiger partial charge >= 0.3 is 64.9 Å². The zero-order valence-corrected chi connectivity index (χ0v) is 18.3. The van der Waals surface area contributed by atoms with E-state index in [2.05, 4.69) is 65.3 Å². The molecular weight excluding hydrogens is 578 g/mol. The maximum atomic E-state index is 3.03. The zero-order valence-electron chi connectivity index (χ0n) is 10.5. The van der Waals surface area contributed by atoms with Gasteiger partial charge in [-0.15, -0.1) is 0 Å². The second kappa shape index (κ2) is 22.0. The Morgan fingerprint density at radius 3 is 1.38 bits per heavy atom. The van der Waals surface area contributed by atoms with E-state index in [1.165, 1.54) is 0 Å². The van der Waals surface area contributed by atoms with E-state index in [1.54, 1.807) is 0 Å². The number of para-hydroxylation sites is 1. The monoisotopic (exact) mass is 599 g/mol. The van der Waals surface area contributed by atoms with Gasteiger partial charge in [-0.25, -0.2) is 0 Å². The molecule has 0 saturated carbocycles. The van der Waals surface area contributed by atoms with Crippen molar-refractivity contribution in [2.24, 2.45) is 0 Å². The van der Waals surface area contributed by atoms with Gasteiger partial charge < -0.3 is 5.32 Å². The molecule has 0 saturated heterocycles. The van der Waals surface area contributed by atoms with Crippen molar-refractivity contribution in [3.63, 3.8) is 0 Å². The number of rotatable bonds is 1. The molecule has 1 rings (SSSR count). The average molecular weight is 599 g/mol. The number of hydrogen-bond acceptors (Lipinski definition) is 1. The molecule has 0 aliphatic heterocycles. The fourth-order valence-corrected chi connectivity index (χ4v) is 0.605. The summed E-state index contributed by atoms with van der Waals surface area (Å²) in [6, 6.07) is 10.1. The van der Waals surface area contributed by atoms with Crippen molar-refractivity contribution < 1.29 is 4.92 Å². The molecule has 0 heterocycles. The summed E-state index contributed by atoms with van der Waals surface area (Å²) >= 11 is 7.39. The van der Waals surface area contributed by atoms with Crippen LogP contribution < -0.4 is 5.32 Å². The van der Waals surface area contributed by atoms with Crippen LogP contribution in [-0.2, 0) is 4.92 Å². The van der Waals surface area contributed by atoms with Crippen molar-refractivity contribution in [3.8, 4) is 0 Å². The molecule has 1 N–H and O–H groups in total. The summed E-state index contributed by atoms with van der Waals surface area (Å²) in [4.78, 5) is -0.278. The van der Waals surface area contributed by atoms with Gasteiger partial charge in [0.25, 0.3) is 0 Å². The second-order valence-electron chi connectivity index (χ2n) is 1.81. The summed E-state index contributed by atoms with van der Waals surface area (Å²) in [5.74, 6) is 0. The quantitative estimate of drug-likeness (QED) is 0.367. The molecule has 1 nitrogen and oxygen atoms in total. The Balaban J connectivity index is -0.000000181. The number of halogens is 3. The molecule has 0 aliphatic rings. The van der Waals surface area contributed by atoms with Gasteiger partial charge in [0, 0.05) is 12.7 Å². The number of nitrogens with one attached hydrogen (secondary N) is 1. The summed E-state index contributed by atoms with van der Waals surface area (Å²) in [6.07, 6.45) is 0. The van der Waals surface area contributed by atoms with E-state index in [9.17, 15) is 0 Å². The van der Waals surface area contributed by atoms with E-state index in [1.807, 2.05) is 65.1 Å². The van der Waals surface area contributed by atoms with Gasteiger partial charge in [-0.3, -0.25) is 0 Å². The molecule has 0 spiro atoms. The van der Waals surface area contributed by atoms with Gasteiger partial charge in [0.05, 0.1) is 0 Å². The fourth-order valence-electron chi connectivity index (χ4n) is 0.605. The Morgan fingerprint density at radius 1 is 0.875 bits per heavy atom. The summed E-state index contributed by atoms with van der Waals surface area (Å²) in [5.41, 5.74) is 1.16. The van der Waals surface area contributed by atoms with Gasteiger partial charge in [0.1, 0.15) is 0 Å². The fraction of sp³-hybridized carbons (Fsp3) is 0.455. The van der Waals surface area contributed by atoms with E-state index in [4.69, 9.17) is 0 Å². The summed E-state index contributed by atoms with van der Waals surface area (Å²) < 4.78 is 0. The van der Waals surface area contributed by atoms with Crippen molar-refractivity contribution in [2.75, 3.05) is 12.4 Å². The molecule has 0 bridgehead atoms. The Labute approximate surface area is 139 Å². The molecule has 0 atom stereocenters. The predicted molar refractivity (Wildman–Crippen MR) is 101 cm³/mol. The third kappa shape index (κ3) is 24.9. The first-order chi connectivity index (χ1) is 7.66. The van der Waals surface area contributed by atoms with Gasteiger partial charge in [0.15, 0.2) is 0 Å². The van der Waals surface area contributed by atoms with Gasteiger partial charge in [0.2, 0.25) is 0 Å². The predicted octanol–water partition coefficient (Wildman–Crippen LogP) is 6.44. The molecule has 0 aromatic heterocycles. The van der Waals surface area contributed by atoms with Gasteiger partial charge in [-0.1, -0.05) is 45.9 Å². The molecular formula is C11H21I3NV. The molecule has 16 heavy (non-hydrogen) atoms. The SMILES string of the molecule is CC.CC.CNc1ccccc1.[I][V]([I])[I]. The first-order valence-corrected chi connectivity index (χ1v) is 18.7. The molecule has 96 valence electrons. The molecule has 1 aromatic carbocycles. The summed E-state index contributed by atoms with van der Waals surface area (Å²) in [7, 11) is 1.91. The third-order valence-electron chi connectivity index (χ3n) is 1.06. The molecule has 0 unspecified atom stereocenters. The molecule has 0 aliphatic carbocycles. The number of hydrogen-bond donors (Lipinski definition) is 1. The Bertz CT molecular complexity index is 193. The van der Waals surface area contributed by atoms with Crippen LogP contribution >= 0.6 is 59.9 Å². The minimum absolute atomic E-state index is 0.278. The first-order valence-electron chi connectivity index (χ1n) is 5.17. The maximum absolute atomic E-state index is 3.03. The van der Waals surface area contributed by atoms with Crippen molar-refractivity contribution >= 4 is 65.6 Å². The van der Waals surface area contributed by atoms with Crippen LogP contribution in [0.1, 0.15) is 27.7 Å². The van der Waals surface area contributed by atoms with E-state index < -0.39 is 0 Å². The van der Waals surface area contributed by atoms with Crippen molar-refractivity contribution in [3.05, 3.63) is 30.3 Å². The van der Waals surface area contributed by atoms with E-state index in [-0.39, 0.29) is 4.92 Å². The standard InChI is InChI=1S/C7H9N.2C2H6.3HI.V/c1-8-7-5-3-2-4-6-7;2*1-2;;;;/h2-6,8H,1H3;2*1-2H3;3*1H;/q;;;;;;+3/p-3. The van der Waals surface area contributed by atoms with E-state index >= 15 is 0 Å². The van der Waals surface area contributed by atoms with Crippen LogP contribution in [0.5, 0.6) is 0 Å². The van der Waals surface area contributed by atoms with Crippen molar-refractivity contribution in [1.29, 1.82) is 0 Å². The van der Waals surface area contributed by atoms with Crippen molar-refractivity contribution in [1.82, 2.24) is 0 Å². The summed E-state index contributed by atoms with van der Waals surface area (Å²) in [6.45, 7) is 8.00. The van der Waals surface area contributed by atoms with Crippen LogP contribution in [0.2, 0.25) is 0 Å². The number of benzene rings is 1. The number of anilines is 1. The molecule has 0 amide bonds. The topological polar surface area (TPSA) is 12.0 Å². The third-order valence-corrected chi connectivity index (χ3v) is 1.06. The first kappa shape index (κ1) is 22.9. The Hall–Kier alpha value is 1.79. The van der Waals surface area contributed by atoms with Crippen molar-refractivity contribution in [2.45, 2.75) is 27.7 Å². The van der Waals surface area contributed by atoms with E-state index in [0.29, 0.717) is 0 Å². The Kier molecular flexibility index (Phi) is 31.6. The molecule has 1 aromatic rings. The Morgan fingerprint density at radius 2 is 1.19 bits per heavy atom. The van der Waals surface area contributed by atoms with Crippen LogP contribution in [0.3, 0.4) is 0 Å². The van der Waals surface area contributed by atoms with Crippen LogP contribution in [0.4, 0.5) is 5.69 Å². The van der Waals surface area contributed by atoms with Crippen LogP contribution in [-0.4, -0.2) is 7.05 Å². The average Bonchev–Trinajstić information content (AvgIpc) is 2.34. The van der Waals surface area contributed by atoms with Gasteiger partial charge in [-0.05, 0) is 12.1 Å². The second-order valence-corrected chi connectivity index (χ2v) is 37.2.